The van der Waals surface area contributed by atoms with Crippen molar-refractivity contribution in [1.82, 2.24) is 9.80 Å². The van der Waals surface area contributed by atoms with E-state index < -0.39 is 0 Å². The molecule has 2 amide bonds. The quantitative estimate of drug-likeness (QED) is 0.698. The molecule has 0 spiro atoms. The summed E-state index contributed by atoms with van der Waals surface area (Å²) in [5, 5.41) is 0. The standard InChI is InChI=1S/C25H30N2O3/c1-18(2)15-23-25(29)26-14-6-9-22(26)24(28)27(23)16-19-10-12-21(13-11-19)30-17-20-7-4-3-5-8-20/h3-5,7-8,10-13,18,22-23H,6,9,14-17H2,1-2H3/t22-,23-/m0/s1. The third-order valence-electron chi connectivity index (χ3n) is 5.98. The first-order chi connectivity index (χ1) is 14.5. The Morgan fingerprint density at radius 2 is 1.70 bits per heavy atom. The number of carbonyl (C=O) groups is 2. The lowest BCUT2D eigenvalue weighted by molar-refractivity contribution is -0.160. The van der Waals surface area contributed by atoms with E-state index >= 15 is 0 Å². The van der Waals surface area contributed by atoms with Gasteiger partial charge in [-0.1, -0.05) is 56.3 Å². The van der Waals surface area contributed by atoms with Crippen molar-refractivity contribution in [1.29, 1.82) is 0 Å². The maximum atomic E-state index is 13.2. The molecule has 158 valence electrons. The number of amides is 2. The van der Waals surface area contributed by atoms with Gasteiger partial charge in [-0.15, -0.1) is 0 Å². The number of rotatable bonds is 7. The lowest BCUT2D eigenvalue weighted by Gasteiger charge is -2.43. The highest BCUT2D eigenvalue weighted by Gasteiger charge is 2.47. The van der Waals surface area contributed by atoms with Gasteiger partial charge in [0.25, 0.3) is 0 Å². The number of benzene rings is 2. The number of piperazine rings is 1. The number of carbonyl (C=O) groups excluding carboxylic acids is 2. The van der Waals surface area contributed by atoms with E-state index in [4.69, 9.17) is 4.74 Å². The van der Waals surface area contributed by atoms with Crippen LogP contribution in [0.1, 0.15) is 44.2 Å². The highest BCUT2D eigenvalue weighted by molar-refractivity contribution is 5.97. The Bertz CT molecular complexity index is 879. The number of nitrogens with zero attached hydrogens (tertiary/aromatic N) is 2. The highest BCUT2D eigenvalue weighted by Crippen LogP contribution is 2.31. The second-order valence-electron chi connectivity index (χ2n) is 8.72. The van der Waals surface area contributed by atoms with Crippen LogP contribution in [0.5, 0.6) is 5.75 Å². The van der Waals surface area contributed by atoms with Gasteiger partial charge >= 0.3 is 0 Å². The summed E-state index contributed by atoms with van der Waals surface area (Å²) in [7, 11) is 0. The van der Waals surface area contributed by atoms with E-state index in [0.29, 0.717) is 32.0 Å². The van der Waals surface area contributed by atoms with Crippen LogP contribution in [0.15, 0.2) is 54.6 Å². The van der Waals surface area contributed by atoms with Crippen LogP contribution in [0.4, 0.5) is 0 Å². The summed E-state index contributed by atoms with van der Waals surface area (Å²) < 4.78 is 5.86. The van der Waals surface area contributed by atoms with Crippen molar-refractivity contribution >= 4 is 11.8 Å². The topological polar surface area (TPSA) is 49.9 Å². The van der Waals surface area contributed by atoms with E-state index in [1.807, 2.05) is 64.4 Å². The van der Waals surface area contributed by atoms with Crippen LogP contribution in [0.2, 0.25) is 0 Å². The minimum atomic E-state index is -0.360. The summed E-state index contributed by atoms with van der Waals surface area (Å²) in [5.41, 5.74) is 2.14. The Morgan fingerprint density at radius 3 is 2.40 bits per heavy atom. The summed E-state index contributed by atoms with van der Waals surface area (Å²) in [5.74, 6) is 1.36. The molecule has 0 bridgehead atoms. The van der Waals surface area contributed by atoms with Gasteiger partial charge in [0.15, 0.2) is 0 Å². The first-order valence-corrected chi connectivity index (χ1v) is 10.9. The van der Waals surface area contributed by atoms with Crippen LogP contribution in [0.25, 0.3) is 0 Å². The fraction of sp³-hybridized carbons (Fsp3) is 0.440. The molecule has 2 aromatic carbocycles. The summed E-state index contributed by atoms with van der Waals surface area (Å²) >= 11 is 0. The fourth-order valence-electron chi connectivity index (χ4n) is 4.45. The van der Waals surface area contributed by atoms with E-state index in [1.54, 1.807) is 0 Å². The van der Waals surface area contributed by atoms with Crippen LogP contribution in [-0.4, -0.2) is 40.2 Å². The average Bonchev–Trinajstić information content (AvgIpc) is 3.25. The summed E-state index contributed by atoms with van der Waals surface area (Å²) in [4.78, 5) is 29.9. The largest absolute Gasteiger partial charge is 0.489 e. The summed E-state index contributed by atoms with van der Waals surface area (Å²) in [6.07, 6.45) is 2.39. The second kappa shape index (κ2) is 8.90. The molecule has 2 aliphatic rings. The molecule has 0 aromatic heterocycles. The van der Waals surface area contributed by atoms with Gasteiger partial charge in [-0.3, -0.25) is 9.59 Å². The number of hydrogen-bond acceptors (Lipinski definition) is 3. The molecule has 0 aliphatic carbocycles. The van der Waals surface area contributed by atoms with Gasteiger partial charge in [-0.25, -0.2) is 0 Å². The van der Waals surface area contributed by atoms with Gasteiger partial charge in [0, 0.05) is 13.1 Å². The van der Waals surface area contributed by atoms with Gasteiger partial charge in [-0.05, 0) is 48.4 Å². The minimum Gasteiger partial charge on any atom is -0.489 e. The van der Waals surface area contributed by atoms with Gasteiger partial charge in [0.05, 0.1) is 0 Å². The van der Waals surface area contributed by atoms with E-state index in [2.05, 4.69) is 13.8 Å². The summed E-state index contributed by atoms with van der Waals surface area (Å²) in [6.45, 7) is 5.90. The van der Waals surface area contributed by atoms with Crippen LogP contribution >= 0.6 is 0 Å². The Balaban J connectivity index is 1.45. The molecule has 2 aromatic rings. The maximum absolute atomic E-state index is 13.2. The first-order valence-electron chi connectivity index (χ1n) is 10.9. The monoisotopic (exact) mass is 406 g/mol. The predicted octanol–water partition coefficient (Wildman–Crippen LogP) is 4.01. The Kier molecular flexibility index (Phi) is 6.07. The van der Waals surface area contributed by atoms with Crippen molar-refractivity contribution in [2.75, 3.05) is 6.54 Å². The molecule has 4 rings (SSSR count). The molecule has 30 heavy (non-hydrogen) atoms. The normalized spacial score (nSPS) is 21.3. The Morgan fingerprint density at radius 1 is 0.967 bits per heavy atom. The SMILES string of the molecule is CC(C)C[C@H]1C(=O)N2CCC[C@H]2C(=O)N1Cc1ccc(OCc2ccccc2)cc1. The number of fused-ring (bicyclic) bond motifs is 1. The van der Waals surface area contributed by atoms with Gasteiger partial charge in [0.2, 0.25) is 11.8 Å². The molecule has 2 fully saturated rings. The lowest BCUT2D eigenvalue weighted by Crippen LogP contribution is -2.62. The summed E-state index contributed by atoms with van der Waals surface area (Å²) in [6, 6.07) is 17.3. The van der Waals surface area contributed by atoms with Crippen molar-refractivity contribution in [2.45, 2.75) is 58.3 Å². The maximum Gasteiger partial charge on any atom is 0.246 e. The first kappa shape index (κ1) is 20.5. The molecular formula is C25H30N2O3. The van der Waals surface area contributed by atoms with Crippen LogP contribution < -0.4 is 4.74 Å². The molecule has 0 radical (unpaired) electrons. The van der Waals surface area contributed by atoms with Crippen LogP contribution in [-0.2, 0) is 22.7 Å². The second-order valence-corrected chi connectivity index (χ2v) is 8.72. The van der Waals surface area contributed by atoms with Crippen molar-refractivity contribution in [3.8, 4) is 5.75 Å². The number of ether oxygens (including phenoxy) is 1. The number of hydrogen-bond donors (Lipinski definition) is 0. The molecule has 0 N–H and O–H groups in total. The van der Waals surface area contributed by atoms with Crippen molar-refractivity contribution in [3.63, 3.8) is 0 Å². The van der Waals surface area contributed by atoms with Gasteiger partial charge in [0.1, 0.15) is 24.4 Å². The van der Waals surface area contributed by atoms with E-state index in [1.165, 1.54) is 0 Å². The minimum absolute atomic E-state index is 0.0992. The van der Waals surface area contributed by atoms with Gasteiger partial charge < -0.3 is 14.5 Å². The zero-order valence-corrected chi connectivity index (χ0v) is 17.8. The smallest absolute Gasteiger partial charge is 0.246 e. The molecule has 2 heterocycles. The van der Waals surface area contributed by atoms with Crippen molar-refractivity contribution < 1.29 is 14.3 Å². The average molecular weight is 407 g/mol. The van der Waals surface area contributed by atoms with Crippen molar-refractivity contribution in [2.24, 2.45) is 5.92 Å². The van der Waals surface area contributed by atoms with E-state index in [9.17, 15) is 9.59 Å². The molecular weight excluding hydrogens is 376 g/mol. The molecule has 5 heteroatoms. The van der Waals surface area contributed by atoms with Crippen LogP contribution in [0.3, 0.4) is 0 Å². The van der Waals surface area contributed by atoms with E-state index in [0.717, 1.165) is 29.7 Å². The zero-order chi connectivity index (χ0) is 21.1. The lowest BCUT2D eigenvalue weighted by atomic mass is 9.96. The molecule has 0 unspecified atom stereocenters. The molecule has 0 saturated carbocycles. The van der Waals surface area contributed by atoms with Crippen molar-refractivity contribution in [3.05, 3.63) is 65.7 Å². The zero-order valence-electron chi connectivity index (χ0n) is 17.8. The molecule has 2 atom stereocenters. The van der Waals surface area contributed by atoms with Gasteiger partial charge in [-0.2, -0.15) is 0 Å². The predicted molar refractivity (Wildman–Crippen MR) is 116 cm³/mol. The van der Waals surface area contributed by atoms with Crippen LogP contribution in [0, 0.1) is 5.92 Å². The molecule has 2 saturated heterocycles. The molecule has 5 nitrogen and oxygen atoms in total. The van der Waals surface area contributed by atoms with E-state index in [-0.39, 0.29) is 23.9 Å². The Hall–Kier alpha value is -2.82. The third-order valence-corrected chi connectivity index (χ3v) is 5.98. The third kappa shape index (κ3) is 4.35. The fourth-order valence-corrected chi connectivity index (χ4v) is 4.45. The highest BCUT2D eigenvalue weighted by atomic mass is 16.5. The molecule has 2 aliphatic heterocycles. The Labute approximate surface area is 178 Å².